The predicted molar refractivity (Wildman–Crippen MR) is 86.0 cm³/mol. The molecule has 5 nitrogen and oxygen atoms in total. The van der Waals surface area contributed by atoms with Crippen LogP contribution in [0.25, 0.3) is 0 Å². The topological polar surface area (TPSA) is 75.6 Å². The molecule has 130 valence electrons. The first-order chi connectivity index (χ1) is 11.5. The minimum Gasteiger partial charge on any atom is -0.481 e. The largest absolute Gasteiger partial charge is 0.481 e. The van der Waals surface area contributed by atoms with Gasteiger partial charge in [0.2, 0.25) is 5.91 Å². The zero-order valence-corrected chi connectivity index (χ0v) is 13.8. The van der Waals surface area contributed by atoms with Crippen LogP contribution in [0.15, 0.2) is 12.2 Å². The van der Waals surface area contributed by atoms with Gasteiger partial charge in [-0.1, -0.05) is 12.2 Å². The number of rotatable bonds is 4. The van der Waals surface area contributed by atoms with E-state index in [1.165, 1.54) is 38.5 Å². The van der Waals surface area contributed by atoms with Crippen molar-refractivity contribution in [3.63, 3.8) is 0 Å². The molecule has 2 heterocycles. The van der Waals surface area contributed by atoms with Crippen LogP contribution in [0.3, 0.4) is 0 Å². The number of nitrogens with one attached hydrogen (secondary N) is 1. The van der Waals surface area contributed by atoms with E-state index in [2.05, 4.69) is 5.32 Å². The molecule has 1 amide bonds. The van der Waals surface area contributed by atoms with Crippen molar-refractivity contribution in [3.05, 3.63) is 12.2 Å². The molecule has 5 heteroatoms. The summed E-state index contributed by atoms with van der Waals surface area (Å²) in [5.74, 6) is 0.190. The van der Waals surface area contributed by atoms with Crippen LogP contribution < -0.4 is 5.32 Å². The quantitative estimate of drug-likeness (QED) is 0.772. The van der Waals surface area contributed by atoms with E-state index in [0.717, 1.165) is 24.3 Å². The second kappa shape index (κ2) is 5.07. The average Bonchev–Trinajstić information content (AvgIpc) is 3.12. The van der Waals surface area contributed by atoms with E-state index < -0.39 is 23.9 Å². The van der Waals surface area contributed by atoms with Crippen LogP contribution in [0.2, 0.25) is 0 Å². The first-order valence-electron chi connectivity index (χ1n) is 9.37. The van der Waals surface area contributed by atoms with Crippen LogP contribution in [0.4, 0.5) is 0 Å². The molecule has 2 N–H and O–H groups in total. The molecule has 1 saturated heterocycles. The normalized spacial score (nSPS) is 50.4. The Balaban J connectivity index is 1.28. The molecular formula is C19H25NO4. The second-order valence-electron chi connectivity index (χ2n) is 8.98. The Morgan fingerprint density at radius 3 is 2.08 bits per heavy atom. The fourth-order valence-electron chi connectivity index (χ4n) is 6.81. The summed E-state index contributed by atoms with van der Waals surface area (Å²) in [6, 6.07) is 0. The number of fused-ring (bicyclic) bond motifs is 2. The van der Waals surface area contributed by atoms with Gasteiger partial charge in [0.05, 0.1) is 18.1 Å². The Morgan fingerprint density at radius 2 is 1.54 bits per heavy atom. The summed E-state index contributed by atoms with van der Waals surface area (Å²) < 4.78 is 5.62. The lowest BCUT2D eigenvalue weighted by molar-refractivity contribution is -0.147. The average molecular weight is 331 g/mol. The number of amides is 1. The van der Waals surface area contributed by atoms with E-state index in [0.29, 0.717) is 0 Å². The monoisotopic (exact) mass is 331 g/mol. The van der Waals surface area contributed by atoms with Gasteiger partial charge in [-0.15, -0.1) is 0 Å². The number of carboxylic acid groups (broad SMARTS) is 1. The highest BCUT2D eigenvalue weighted by Gasteiger charge is 2.54. The van der Waals surface area contributed by atoms with Gasteiger partial charge >= 0.3 is 5.97 Å². The van der Waals surface area contributed by atoms with E-state index in [1.807, 2.05) is 6.08 Å². The highest BCUT2D eigenvalue weighted by atomic mass is 16.5. The SMILES string of the molecule is O=C(O)[C@@H]1[C@@H](C(=O)NCC23CC4CC(CC(C4)C2)C3)[C@H]2C=C[C@H]1O2. The van der Waals surface area contributed by atoms with Gasteiger partial charge in [0.25, 0.3) is 0 Å². The van der Waals surface area contributed by atoms with Gasteiger partial charge in [0.15, 0.2) is 0 Å². The summed E-state index contributed by atoms with van der Waals surface area (Å²) in [6.45, 7) is 0.722. The second-order valence-corrected chi connectivity index (χ2v) is 8.98. The molecule has 0 aromatic heterocycles. The van der Waals surface area contributed by atoms with Gasteiger partial charge in [0, 0.05) is 6.54 Å². The lowest BCUT2D eigenvalue weighted by Crippen LogP contribution is -2.52. The minimum absolute atomic E-state index is 0.130. The lowest BCUT2D eigenvalue weighted by atomic mass is 9.49. The summed E-state index contributed by atoms with van der Waals surface area (Å²) in [5, 5.41) is 12.6. The van der Waals surface area contributed by atoms with Crippen molar-refractivity contribution in [2.75, 3.05) is 6.54 Å². The number of carbonyl (C=O) groups is 2. The molecule has 6 bridgehead atoms. The summed E-state index contributed by atoms with van der Waals surface area (Å²) in [4.78, 5) is 24.3. The van der Waals surface area contributed by atoms with Gasteiger partial charge in [-0.25, -0.2) is 0 Å². The minimum atomic E-state index is -0.929. The third-order valence-electron chi connectivity index (χ3n) is 7.29. The summed E-state index contributed by atoms with van der Waals surface area (Å²) in [6.07, 6.45) is 10.7. The number of hydrogen-bond acceptors (Lipinski definition) is 3. The molecule has 5 fully saturated rings. The Kier molecular flexibility index (Phi) is 3.16. The zero-order chi connectivity index (χ0) is 16.5. The Hall–Kier alpha value is -1.36. The van der Waals surface area contributed by atoms with Crippen LogP contribution in [0.1, 0.15) is 38.5 Å². The first kappa shape index (κ1) is 14.9. The van der Waals surface area contributed by atoms with Gasteiger partial charge in [0.1, 0.15) is 5.92 Å². The van der Waals surface area contributed by atoms with E-state index >= 15 is 0 Å². The van der Waals surface area contributed by atoms with Crippen molar-refractivity contribution in [2.45, 2.75) is 50.7 Å². The van der Waals surface area contributed by atoms with Crippen LogP contribution in [0, 0.1) is 35.0 Å². The van der Waals surface area contributed by atoms with Gasteiger partial charge in [-0.2, -0.15) is 0 Å². The highest BCUT2D eigenvalue weighted by Crippen LogP contribution is 2.59. The molecule has 0 aromatic carbocycles. The zero-order valence-electron chi connectivity index (χ0n) is 13.8. The fourth-order valence-corrected chi connectivity index (χ4v) is 6.81. The third kappa shape index (κ3) is 2.17. The van der Waals surface area contributed by atoms with Gasteiger partial charge < -0.3 is 15.2 Å². The molecule has 6 aliphatic rings. The standard InChI is InChI=1S/C19H25NO4/c21-17(15-13-1-2-14(24-13)16(15)18(22)23)20-9-19-6-10-3-11(7-19)5-12(4-10)8-19/h1-2,10-16H,3-9H2,(H,20,21)(H,22,23)/t10?,11?,12?,13-,14-,15+,16+,19?/m1/s1. The summed E-state index contributed by atoms with van der Waals surface area (Å²) >= 11 is 0. The molecule has 4 aliphatic carbocycles. The van der Waals surface area contributed by atoms with Gasteiger partial charge in [-0.05, 0) is 61.7 Å². The number of aliphatic carboxylic acids is 1. The molecule has 6 rings (SSSR count). The number of carboxylic acids is 1. The maximum Gasteiger partial charge on any atom is 0.310 e. The van der Waals surface area contributed by atoms with Crippen LogP contribution in [0.5, 0.6) is 0 Å². The Morgan fingerprint density at radius 1 is 1.00 bits per heavy atom. The number of hydrogen-bond donors (Lipinski definition) is 2. The number of carbonyl (C=O) groups excluding carboxylic acids is 1. The van der Waals surface area contributed by atoms with Crippen molar-refractivity contribution >= 4 is 11.9 Å². The molecule has 0 radical (unpaired) electrons. The smallest absolute Gasteiger partial charge is 0.310 e. The van der Waals surface area contributed by atoms with Gasteiger partial charge in [-0.3, -0.25) is 9.59 Å². The van der Waals surface area contributed by atoms with E-state index in [4.69, 9.17) is 4.74 Å². The molecule has 0 unspecified atom stereocenters. The maximum atomic E-state index is 12.8. The Bertz CT molecular complexity index is 577. The third-order valence-corrected chi connectivity index (χ3v) is 7.29. The molecular weight excluding hydrogens is 306 g/mol. The molecule has 0 spiro atoms. The molecule has 0 aromatic rings. The predicted octanol–water partition coefficient (Wildman–Crippen LogP) is 1.97. The molecule has 4 saturated carbocycles. The summed E-state index contributed by atoms with van der Waals surface area (Å²) in [5.41, 5.74) is 0.275. The molecule has 2 aliphatic heterocycles. The van der Waals surface area contributed by atoms with Crippen LogP contribution in [-0.4, -0.2) is 35.7 Å². The van der Waals surface area contributed by atoms with Crippen molar-refractivity contribution in [2.24, 2.45) is 35.0 Å². The highest BCUT2D eigenvalue weighted by molar-refractivity contribution is 5.87. The lowest BCUT2D eigenvalue weighted by Gasteiger charge is -2.57. The fraction of sp³-hybridized carbons (Fsp3) is 0.789. The van der Waals surface area contributed by atoms with Crippen molar-refractivity contribution in [1.29, 1.82) is 0 Å². The number of ether oxygens (including phenoxy) is 1. The van der Waals surface area contributed by atoms with Crippen molar-refractivity contribution < 1.29 is 19.4 Å². The molecule has 24 heavy (non-hydrogen) atoms. The molecule has 4 atom stereocenters. The van der Waals surface area contributed by atoms with E-state index in [1.54, 1.807) is 6.08 Å². The van der Waals surface area contributed by atoms with Crippen molar-refractivity contribution in [1.82, 2.24) is 5.32 Å². The summed E-state index contributed by atoms with van der Waals surface area (Å²) in [7, 11) is 0. The van der Waals surface area contributed by atoms with E-state index in [-0.39, 0.29) is 17.4 Å². The van der Waals surface area contributed by atoms with E-state index in [9.17, 15) is 14.7 Å². The van der Waals surface area contributed by atoms with Crippen molar-refractivity contribution in [3.8, 4) is 0 Å². The van der Waals surface area contributed by atoms with Crippen LogP contribution in [-0.2, 0) is 14.3 Å². The van der Waals surface area contributed by atoms with Crippen LogP contribution >= 0.6 is 0 Å². The Labute approximate surface area is 141 Å². The maximum absolute atomic E-state index is 12.8. The first-order valence-corrected chi connectivity index (χ1v) is 9.37.